The zero-order valence-electron chi connectivity index (χ0n) is 10.3. The number of thioether (sulfide) groups is 1. The molecule has 0 fully saturated rings. The first-order valence-corrected chi connectivity index (χ1v) is 7.29. The van der Waals surface area contributed by atoms with E-state index in [1.807, 2.05) is 0 Å². The molecule has 0 unspecified atom stereocenters. The van der Waals surface area contributed by atoms with E-state index in [0.717, 1.165) is 13.0 Å². The van der Waals surface area contributed by atoms with Gasteiger partial charge in [0.25, 0.3) is 0 Å². The van der Waals surface area contributed by atoms with Crippen LogP contribution in [0.25, 0.3) is 0 Å². The van der Waals surface area contributed by atoms with E-state index in [1.165, 1.54) is 32.1 Å². The van der Waals surface area contributed by atoms with Gasteiger partial charge in [-0.1, -0.05) is 64.6 Å². The Labute approximate surface area is 104 Å². The fourth-order valence-corrected chi connectivity index (χ4v) is 2.46. The van der Waals surface area contributed by atoms with Crippen LogP contribution in [-0.4, -0.2) is 16.2 Å². The first kappa shape index (κ1) is 15.2. The zero-order valence-corrected chi connectivity index (χ0v) is 11.9. The van der Waals surface area contributed by atoms with Gasteiger partial charge in [-0.3, -0.25) is 0 Å². The molecule has 0 spiro atoms. The van der Waals surface area contributed by atoms with Crippen molar-refractivity contribution in [3.05, 3.63) is 0 Å². The van der Waals surface area contributed by atoms with Crippen molar-refractivity contribution in [3.8, 4) is 0 Å². The van der Waals surface area contributed by atoms with Gasteiger partial charge in [-0.25, -0.2) is 0 Å². The molecule has 1 nitrogen and oxygen atoms in total. The van der Waals surface area contributed by atoms with E-state index in [4.69, 9.17) is 17.0 Å². The minimum atomic E-state index is 0.530. The first-order valence-electron chi connectivity index (χ1n) is 6.00. The maximum absolute atomic E-state index is 5.45. The molecule has 0 bridgehead atoms. The Morgan fingerprint density at radius 3 is 2.33 bits per heavy atom. The monoisotopic (exact) mass is 248 g/mol. The molecule has 0 aliphatic heterocycles. The normalized spacial score (nSPS) is 10.7. The molecule has 15 heavy (non-hydrogen) atoms. The highest BCUT2D eigenvalue weighted by Crippen LogP contribution is 2.13. The number of hydrogen-bond donors (Lipinski definition) is 0. The molecule has 0 amide bonds. The Balaban J connectivity index is 3.13. The predicted octanol–water partition coefficient (Wildman–Crippen LogP) is 4.79. The zero-order chi connectivity index (χ0) is 11.5. The van der Waals surface area contributed by atoms with Gasteiger partial charge < -0.3 is 4.74 Å². The minimum absolute atomic E-state index is 0.530. The molecule has 0 saturated carbocycles. The van der Waals surface area contributed by atoms with Crippen LogP contribution < -0.4 is 0 Å². The van der Waals surface area contributed by atoms with Crippen LogP contribution in [0.4, 0.5) is 0 Å². The summed E-state index contributed by atoms with van der Waals surface area (Å²) in [6, 6.07) is 0. The summed E-state index contributed by atoms with van der Waals surface area (Å²) in [5, 5.41) is 0.530. The second-order valence-electron chi connectivity index (χ2n) is 4.03. The lowest BCUT2D eigenvalue weighted by atomic mass is 10.1. The second kappa shape index (κ2) is 10.7. The Morgan fingerprint density at radius 2 is 1.73 bits per heavy atom. The van der Waals surface area contributed by atoms with Crippen molar-refractivity contribution in [1.29, 1.82) is 0 Å². The molecular formula is C12H24OS2. The van der Waals surface area contributed by atoms with E-state index in [2.05, 4.69) is 20.8 Å². The summed E-state index contributed by atoms with van der Waals surface area (Å²) in [5.41, 5.74) is 0. The maximum Gasteiger partial charge on any atom is 0.220 e. The van der Waals surface area contributed by atoms with Gasteiger partial charge in [0, 0.05) is 5.25 Å². The second-order valence-corrected chi connectivity index (χ2v) is 6.21. The van der Waals surface area contributed by atoms with Gasteiger partial charge in [0.1, 0.15) is 0 Å². The lowest BCUT2D eigenvalue weighted by Gasteiger charge is -2.08. The van der Waals surface area contributed by atoms with Crippen molar-refractivity contribution < 1.29 is 4.74 Å². The standard InChI is InChI=1S/C12H24OS2/c1-4-5-6-7-8-9-10-13-12(14)15-11(2)3/h11H,4-10H2,1-3H3. The fraction of sp³-hybridized carbons (Fsp3) is 0.917. The summed E-state index contributed by atoms with van der Waals surface area (Å²) in [4.78, 5) is 0. The van der Waals surface area contributed by atoms with Crippen molar-refractivity contribution in [2.24, 2.45) is 0 Å². The third-order valence-corrected chi connectivity index (χ3v) is 3.24. The van der Waals surface area contributed by atoms with Crippen LogP contribution in [0.1, 0.15) is 59.3 Å². The van der Waals surface area contributed by atoms with Gasteiger partial charge in [0.05, 0.1) is 6.61 Å². The fourth-order valence-electron chi connectivity index (χ4n) is 1.26. The summed E-state index contributed by atoms with van der Waals surface area (Å²) >= 11 is 6.73. The van der Waals surface area contributed by atoms with Crippen molar-refractivity contribution in [1.82, 2.24) is 0 Å². The average molecular weight is 248 g/mol. The molecular weight excluding hydrogens is 224 g/mol. The van der Waals surface area contributed by atoms with E-state index in [-0.39, 0.29) is 0 Å². The van der Waals surface area contributed by atoms with Crippen molar-refractivity contribution in [2.45, 2.75) is 64.5 Å². The number of rotatable bonds is 8. The number of hydrogen-bond acceptors (Lipinski definition) is 3. The minimum Gasteiger partial charge on any atom is -0.479 e. The highest BCUT2D eigenvalue weighted by atomic mass is 32.2. The molecule has 0 aliphatic carbocycles. The summed E-state index contributed by atoms with van der Waals surface area (Å²) < 4.78 is 6.16. The molecule has 0 radical (unpaired) electrons. The van der Waals surface area contributed by atoms with Crippen LogP contribution in [0.3, 0.4) is 0 Å². The lowest BCUT2D eigenvalue weighted by Crippen LogP contribution is -2.02. The van der Waals surface area contributed by atoms with Crippen molar-refractivity contribution >= 4 is 28.4 Å². The Kier molecular flexibility index (Phi) is 10.9. The molecule has 0 saturated heterocycles. The molecule has 90 valence electrons. The summed E-state index contributed by atoms with van der Waals surface area (Å²) in [6.45, 7) is 7.30. The van der Waals surface area contributed by atoms with Gasteiger partial charge in [-0.15, -0.1) is 0 Å². The van der Waals surface area contributed by atoms with Gasteiger partial charge in [-0.2, -0.15) is 0 Å². The van der Waals surface area contributed by atoms with E-state index < -0.39 is 0 Å². The summed E-state index contributed by atoms with van der Waals surface area (Å²) in [5.74, 6) is 0. The molecule has 0 atom stereocenters. The lowest BCUT2D eigenvalue weighted by molar-refractivity contribution is 0.308. The number of ether oxygens (including phenoxy) is 1. The SMILES string of the molecule is CCCCCCCCOC(=S)SC(C)C. The Morgan fingerprint density at radius 1 is 1.13 bits per heavy atom. The molecule has 0 aromatic rings. The highest BCUT2D eigenvalue weighted by Gasteiger charge is 2.01. The van der Waals surface area contributed by atoms with Crippen LogP contribution in [0.2, 0.25) is 0 Å². The predicted molar refractivity (Wildman–Crippen MR) is 74.7 cm³/mol. The van der Waals surface area contributed by atoms with Gasteiger partial charge in [0.2, 0.25) is 4.38 Å². The first-order chi connectivity index (χ1) is 7.16. The van der Waals surface area contributed by atoms with Gasteiger partial charge >= 0.3 is 0 Å². The van der Waals surface area contributed by atoms with Crippen LogP contribution in [0.5, 0.6) is 0 Å². The van der Waals surface area contributed by atoms with E-state index in [0.29, 0.717) is 9.63 Å². The van der Waals surface area contributed by atoms with E-state index >= 15 is 0 Å². The van der Waals surface area contributed by atoms with Gasteiger partial charge in [-0.05, 0) is 18.6 Å². The van der Waals surface area contributed by atoms with E-state index in [1.54, 1.807) is 11.8 Å². The molecule has 0 aromatic carbocycles. The molecule has 0 rings (SSSR count). The summed E-state index contributed by atoms with van der Waals surface area (Å²) in [6.07, 6.45) is 7.79. The van der Waals surface area contributed by atoms with E-state index in [9.17, 15) is 0 Å². The third kappa shape index (κ3) is 12.2. The number of thiocarbonyl (C=S) groups is 1. The maximum atomic E-state index is 5.45. The van der Waals surface area contributed by atoms with Crippen molar-refractivity contribution in [2.75, 3.05) is 6.61 Å². The molecule has 3 heteroatoms. The van der Waals surface area contributed by atoms with Crippen molar-refractivity contribution in [3.63, 3.8) is 0 Å². The molecule has 0 heterocycles. The molecule has 0 N–H and O–H groups in total. The third-order valence-electron chi connectivity index (χ3n) is 2.05. The highest BCUT2D eigenvalue weighted by molar-refractivity contribution is 8.22. The van der Waals surface area contributed by atoms with Crippen LogP contribution in [0, 0.1) is 0 Å². The quantitative estimate of drug-likeness (QED) is 0.451. The number of unbranched alkanes of at least 4 members (excludes halogenated alkanes) is 5. The Bertz CT molecular complexity index is 158. The molecule has 0 aromatic heterocycles. The average Bonchev–Trinajstić information content (AvgIpc) is 2.15. The summed E-state index contributed by atoms with van der Waals surface area (Å²) in [7, 11) is 0. The largest absolute Gasteiger partial charge is 0.479 e. The topological polar surface area (TPSA) is 9.23 Å². The van der Waals surface area contributed by atoms with Crippen LogP contribution >= 0.6 is 24.0 Å². The van der Waals surface area contributed by atoms with Gasteiger partial charge in [0.15, 0.2) is 0 Å². The van der Waals surface area contributed by atoms with Crippen LogP contribution in [-0.2, 0) is 4.74 Å². The smallest absolute Gasteiger partial charge is 0.220 e. The Hall–Kier alpha value is 0.240. The van der Waals surface area contributed by atoms with Crippen LogP contribution in [0.15, 0.2) is 0 Å². The molecule has 0 aliphatic rings.